The third kappa shape index (κ3) is 13.2. The van der Waals surface area contributed by atoms with Crippen LogP contribution < -0.4 is 0 Å². The van der Waals surface area contributed by atoms with Gasteiger partial charge in [0.2, 0.25) is 0 Å². The summed E-state index contributed by atoms with van der Waals surface area (Å²) in [5, 5.41) is 0. The van der Waals surface area contributed by atoms with Gasteiger partial charge in [-0.15, -0.1) is 6.58 Å². The molecule has 18 heavy (non-hydrogen) atoms. The Kier molecular flexibility index (Phi) is 13.6. The molecule has 0 amide bonds. The first-order valence-corrected chi connectivity index (χ1v) is 7.15. The van der Waals surface area contributed by atoms with Gasteiger partial charge >= 0.3 is 5.97 Å². The van der Waals surface area contributed by atoms with Gasteiger partial charge in [-0.25, -0.2) is 0 Å². The summed E-state index contributed by atoms with van der Waals surface area (Å²) in [6, 6.07) is 0. The van der Waals surface area contributed by atoms with E-state index >= 15 is 0 Å². The summed E-state index contributed by atoms with van der Waals surface area (Å²) in [6.07, 6.45) is 10.7. The average molecular weight is 256 g/mol. The molecule has 106 valence electrons. The molecule has 0 N–H and O–H groups in total. The van der Waals surface area contributed by atoms with E-state index in [0.717, 1.165) is 12.8 Å². The zero-order valence-corrected chi connectivity index (χ0v) is 11.8. The highest BCUT2D eigenvalue weighted by atomic mass is 16.6. The van der Waals surface area contributed by atoms with Gasteiger partial charge in [-0.1, -0.05) is 51.5 Å². The fraction of sp³-hybridized carbons (Fsp3) is 0.800. The van der Waals surface area contributed by atoms with Crippen molar-refractivity contribution in [3.05, 3.63) is 12.7 Å². The van der Waals surface area contributed by atoms with Crippen molar-refractivity contribution in [2.75, 3.05) is 19.8 Å². The molecule has 0 fully saturated rings. The predicted molar refractivity (Wildman–Crippen MR) is 74.6 cm³/mol. The predicted octanol–water partition coefficient (Wildman–Crippen LogP) is 3.87. The second kappa shape index (κ2) is 14.2. The van der Waals surface area contributed by atoms with Crippen molar-refractivity contribution >= 4 is 5.97 Å². The molecule has 0 rings (SSSR count). The lowest BCUT2D eigenvalue weighted by Crippen LogP contribution is -2.10. The van der Waals surface area contributed by atoms with Crippen molar-refractivity contribution in [2.24, 2.45) is 0 Å². The molecule has 0 spiro atoms. The van der Waals surface area contributed by atoms with Crippen molar-refractivity contribution in [1.82, 2.24) is 0 Å². The highest BCUT2D eigenvalue weighted by molar-refractivity contribution is 5.69. The Morgan fingerprint density at radius 3 is 2.39 bits per heavy atom. The normalized spacial score (nSPS) is 10.3. The maximum atomic E-state index is 11.3. The molecule has 0 unspecified atom stereocenters. The molecule has 0 saturated carbocycles. The Bertz CT molecular complexity index is 202. The number of unbranched alkanes of at least 4 members (excludes halogenated alkanes) is 6. The zero-order chi connectivity index (χ0) is 13.5. The Balaban J connectivity index is 3.14. The van der Waals surface area contributed by atoms with Crippen LogP contribution in [0.4, 0.5) is 0 Å². The van der Waals surface area contributed by atoms with E-state index in [4.69, 9.17) is 9.47 Å². The molecule has 0 aromatic heterocycles. The molecular formula is C15H28O3. The standard InChI is InChI=1S/C15H28O3/c1-3-5-6-7-8-9-10-11-15(16)18-14-13-17-12-4-2/h4H,2-3,5-14H2,1H3. The highest BCUT2D eigenvalue weighted by Gasteiger charge is 2.02. The molecule has 0 aromatic rings. The number of carbonyl (C=O) groups excluding carboxylic acids is 1. The van der Waals surface area contributed by atoms with Gasteiger partial charge in [0.25, 0.3) is 0 Å². The minimum Gasteiger partial charge on any atom is -0.463 e. The van der Waals surface area contributed by atoms with Gasteiger partial charge in [0, 0.05) is 6.42 Å². The Morgan fingerprint density at radius 1 is 1.06 bits per heavy atom. The third-order valence-corrected chi connectivity index (χ3v) is 2.71. The first-order valence-electron chi connectivity index (χ1n) is 7.15. The van der Waals surface area contributed by atoms with Crippen LogP contribution in [0.1, 0.15) is 58.3 Å². The summed E-state index contributed by atoms with van der Waals surface area (Å²) in [5.74, 6) is -0.106. The number of esters is 1. The monoisotopic (exact) mass is 256 g/mol. The quantitative estimate of drug-likeness (QED) is 0.285. The van der Waals surface area contributed by atoms with Gasteiger partial charge in [0.05, 0.1) is 13.2 Å². The minimum absolute atomic E-state index is 0.106. The van der Waals surface area contributed by atoms with Gasteiger partial charge < -0.3 is 9.47 Å². The van der Waals surface area contributed by atoms with E-state index in [1.165, 1.54) is 32.1 Å². The Morgan fingerprint density at radius 2 is 1.72 bits per heavy atom. The van der Waals surface area contributed by atoms with Gasteiger partial charge in [0.15, 0.2) is 0 Å². The summed E-state index contributed by atoms with van der Waals surface area (Å²) >= 11 is 0. The van der Waals surface area contributed by atoms with E-state index in [1.807, 2.05) is 0 Å². The average Bonchev–Trinajstić information content (AvgIpc) is 2.37. The second-order valence-electron chi connectivity index (χ2n) is 4.46. The Labute approximate surface area is 112 Å². The number of carbonyl (C=O) groups is 1. The van der Waals surface area contributed by atoms with E-state index in [-0.39, 0.29) is 5.97 Å². The number of hydrogen-bond acceptors (Lipinski definition) is 3. The molecule has 0 saturated heterocycles. The molecular weight excluding hydrogens is 228 g/mol. The van der Waals surface area contributed by atoms with Crippen LogP contribution in [0.2, 0.25) is 0 Å². The lowest BCUT2D eigenvalue weighted by Gasteiger charge is -2.05. The van der Waals surface area contributed by atoms with Crippen LogP contribution in [0, 0.1) is 0 Å². The van der Waals surface area contributed by atoms with E-state index in [9.17, 15) is 4.79 Å². The molecule has 0 radical (unpaired) electrons. The molecule has 0 atom stereocenters. The minimum atomic E-state index is -0.106. The van der Waals surface area contributed by atoms with E-state index in [2.05, 4.69) is 13.5 Å². The molecule has 0 aromatic carbocycles. The van der Waals surface area contributed by atoms with Crippen LogP contribution in [0.5, 0.6) is 0 Å². The molecule has 3 heteroatoms. The van der Waals surface area contributed by atoms with Crippen LogP contribution in [0.3, 0.4) is 0 Å². The third-order valence-electron chi connectivity index (χ3n) is 2.71. The number of hydrogen-bond donors (Lipinski definition) is 0. The molecule has 0 aliphatic rings. The van der Waals surface area contributed by atoms with Crippen LogP contribution >= 0.6 is 0 Å². The van der Waals surface area contributed by atoms with Crippen LogP contribution in [0.15, 0.2) is 12.7 Å². The lowest BCUT2D eigenvalue weighted by atomic mass is 10.1. The van der Waals surface area contributed by atoms with Gasteiger partial charge in [-0.2, -0.15) is 0 Å². The van der Waals surface area contributed by atoms with Crippen molar-refractivity contribution in [3.63, 3.8) is 0 Å². The fourth-order valence-corrected chi connectivity index (χ4v) is 1.68. The van der Waals surface area contributed by atoms with Crippen molar-refractivity contribution < 1.29 is 14.3 Å². The van der Waals surface area contributed by atoms with E-state index < -0.39 is 0 Å². The summed E-state index contributed by atoms with van der Waals surface area (Å²) < 4.78 is 10.2. The maximum absolute atomic E-state index is 11.3. The van der Waals surface area contributed by atoms with Gasteiger partial charge in [-0.3, -0.25) is 4.79 Å². The van der Waals surface area contributed by atoms with Crippen LogP contribution in [-0.4, -0.2) is 25.8 Å². The van der Waals surface area contributed by atoms with Crippen molar-refractivity contribution in [1.29, 1.82) is 0 Å². The molecule has 0 aliphatic heterocycles. The first-order chi connectivity index (χ1) is 8.81. The highest BCUT2D eigenvalue weighted by Crippen LogP contribution is 2.08. The molecule has 0 bridgehead atoms. The van der Waals surface area contributed by atoms with E-state index in [1.54, 1.807) is 6.08 Å². The van der Waals surface area contributed by atoms with Crippen LogP contribution in [-0.2, 0) is 14.3 Å². The molecule has 0 aliphatic carbocycles. The van der Waals surface area contributed by atoms with Crippen molar-refractivity contribution in [2.45, 2.75) is 58.3 Å². The van der Waals surface area contributed by atoms with Gasteiger partial charge in [0.1, 0.15) is 6.61 Å². The van der Waals surface area contributed by atoms with Crippen LogP contribution in [0.25, 0.3) is 0 Å². The van der Waals surface area contributed by atoms with E-state index in [0.29, 0.717) is 26.2 Å². The second-order valence-corrected chi connectivity index (χ2v) is 4.46. The lowest BCUT2D eigenvalue weighted by molar-refractivity contribution is -0.145. The zero-order valence-electron chi connectivity index (χ0n) is 11.8. The number of ether oxygens (including phenoxy) is 2. The Hall–Kier alpha value is -0.830. The first kappa shape index (κ1) is 17.2. The summed E-state index contributed by atoms with van der Waals surface area (Å²) in [4.78, 5) is 11.3. The largest absolute Gasteiger partial charge is 0.463 e. The summed E-state index contributed by atoms with van der Waals surface area (Å²) in [7, 11) is 0. The summed E-state index contributed by atoms with van der Waals surface area (Å²) in [5.41, 5.74) is 0. The molecule has 0 heterocycles. The number of rotatable bonds is 13. The maximum Gasteiger partial charge on any atom is 0.305 e. The molecule has 3 nitrogen and oxygen atoms in total. The van der Waals surface area contributed by atoms with Gasteiger partial charge in [-0.05, 0) is 6.42 Å². The fourth-order valence-electron chi connectivity index (χ4n) is 1.68. The topological polar surface area (TPSA) is 35.5 Å². The smallest absolute Gasteiger partial charge is 0.305 e. The van der Waals surface area contributed by atoms with Crippen molar-refractivity contribution in [3.8, 4) is 0 Å². The SMILES string of the molecule is C=CCOCCOC(=O)CCCCCCCCC. The summed E-state index contributed by atoms with van der Waals surface area (Å²) in [6.45, 7) is 7.07.